The Kier molecular flexibility index (Phi) is 8.68. The lowest BCUT2D eigenvalue weighted by Gasteiger charge is -2.24. The number of nitrogens with one attached hydrogen (secondary N) is 1. The van der Waals surface area contributed by atoms with Crippen molar-refractivity contribution in [2.24, 2.45) is 10.9 Å². The molecule has 0 spiro atoms. The summed E-state index contributed by atoms with van der Waals surface area (Å²) in [6, 6.07) is 6.11. The Bertz CT molecular complexity index is 768. The Morgan fingerprint density at radius 1 is 1.39 bits per heavy atom. The Hall–Kier alpha value is -1.68. The number of hydrogen-bond acceptors (Lipinski definition) is 4. The number of aliphatic imine (C=N–C) groups is 1. The lowest BCUT2D eigenvalue weighted by molar-refractivity contribution is 0.181. The second-order valence-corrected chi connectivity index (χ2v) is 7.14. The second-order valence-electron chi connectivity index (χ2n) is 7.14. The molecule has 0 radical (unpaired) electrons. The highest BCUT2D eigenvalue weighted by Crippen LogP contribution is 2.14. The average molecular weight is 498 g/mol. The number of aromatic nitrogens is 3. The van der Waals surface area contributed by atoms with Crippen LogP contribution in [0.3, 0.4) is 0 Å². The summed E-state index contributed by atoms with van der Waals surface area (Å²) in [4.78, 5) is 11.5. The molecule has 1 saturated heterocycles. The van der Waals surface area contributed by atoms with Gasteiger partial charge in [-0.15, -0.1) is 24.0 Å². The quantitative estimate of drug-likeness (QED) is 0.377. The van der Waals surface area contributed by atoms with Gasteiger partial charge in [0.05, 0.1) is 18.8 Å². The molecule has 1 unspecified atom stereocenters. The number of pyridine rings is 1. The van der Waals surface area contributed by atoms with Crippen LogP contribution in [-0.2, 0) is 11.3 Å². The number of guanidine groups is 1. The SMILES string of the molecule is CCNC(=NCc1ccc(-n2nc(C)cc2C)nc1)N(C)CC1CCOC1.I. The highest BCUT2D eigenvalue weighted by atomic mass is 127. The predicted molar refractivity (Wildman–Crippen MR) is 123 cm³/mol. The van der Waals surface area contributed by atoms with E-state index in [0.29, 0.717) is 12.5 Å². The van der Waals surface area contributed by atoms with E-state index in [1.54, 1.807) is 0 Å². The van der Waals surface area contributed by atoms with Gasteiger partial charge in [0.25, 0.3) is 0 Å². The molecule has 1 N–H and O–H groups in total. The van der Waals surface area contributed by atoms with Crippen LogP contribution >= 0.6 is 24.0 Å². The standard InChI is InChI=1S/C20H30N6O.HI/c1-5-21-20(25(4)13-18-8-9-27-14-18)23-12-17-6-7-19(22-11-17)26-16(3)10-15(2)24-26;/h6-7,10-11,18H,5,8-9,12-14H2,1-4H3,(H,21,23);1H. The fraction of sp³-hybridized carbons (Fsp3) is 0.550. The van der Waals surface area contributed by atoms with Crippen molar-refractivity contribution in [3.05, 3.63) is 41.3 Å². The van der Waals surface area contributed by atoms with E-state index in [-0.39, 0.29) is 24.0 Å². The minimum absolute atomic E-state index is 0. The van der Waals surface area contributed by atoms with E-state index in [1.165, 1.54) is 0 Å². The molecule has 154 valence electrons. The smallest absolute Gasteiger partial charge is 0.193 e. The van der Waals surface area contributed by atoms with E-state index in [2.05, 4.69) is 40.3 Å². The molecule has 2 aromatic rings. The summed E-state index contributed by atoms with van der Waals surface area (Å²) in [5.41, 5.74) is 3.15. The molecule has 0 bridgehead atoms. The second kappa shape index (κ2) is 10.8. The van der Waals surface area contributed by atoms with Gasteiger partial charge in [-0.25, -0.2) is 14.7 Å². The van der Waals surface area contributed by atoms with Gasteiger partial charge >= 0.3 is 0 Å². The number of nitrogens with zero attached hydrogens (tertiary/aromatic N) is 5. The fourth-order valence-electron chi connectivity index (χ4n) is 3.33. The van der Waals surface area contributed by atoms with Gasteiger partial charge in [0.1, 0.15) is 0 Å². The summed E-state index contributed by atoms with van der Waals surface area (Å²) in [7, 11) is 2.09. The van der Waals surface area contributed by atoms with E-state index in [9.17, 15) is 0 Å². The van der Waals surface area contributed by atoms with Crippen LogP contribution in [0.4, 0.5) is 0 Å². The fourth-order valence-corrected chi connectivity index (χ4v) is 3.33. The Balaban J connectivity index is 0.00000280. The van der Waals surface area contributed by atoms with Crippen LogP contribution in [0.25, 0.3) is 5.82 Å². The van der Waals surface area contributed by atoms with Crippen LogP contribution in [0.1, 0.15) is 30.3 Å². The molecule has 0 amide bonds. The van der Waals surface area contributed by atoms with Gasteiger partial charge in [-0.1, -0.05) is 6.07 Å². The van der Waals surface area contributed by atoms with Crippen molar-refractivity contribution in [1.82, 2.24) is 25.0 Å². The highest BCUT2D eigenvalue weighted by Gasteiger charge is 2.19. The molecule has 0 aliphatic carbocycles. The van der Waals surface area contributed by atoms with Gasteiger partial charge in [0.2, 0.25) is 0 Å². The molecule has 1 aliphatic heterocycles. The van der Waals surface area contributed by atoms with Gasteiger partial charge in [-0.05, 0) is 44.9 Å². The molecular formula is C20H31IN6O. The lowest BCUT2D eigenvalue weighted by atomic mass is 10.1. The molecule has 0 saturated carbocycles. The summed E-state index contributed by atoms with van der Waals surface area (Å²) in [5.74, 6) is 2.34. The highest BCUT2D eigenvalue weighted by molar-refractivity contribution is 14.0. The molecule has 1 atom stereocenters. The zero-order valence-corrected chi connectivity index (χ0v) is 19.5. The number of hydrogen-bond donors (Lipinski definition) is 1. The van der Waals surface area contributed by atoms with Gasteiger partial charge in [-0.2, -0.15) is 5.10 Å². The molecule has 28 heavy (non-hydrogen) atoms. The first-order valence-electron chi connectivity index (χ1n) is 9.62. The van der Waals surface area contributed by atoms with Gasteiger partial charge in [0, 0.05) is 44.6 Å². The number of aryl methyl sites for hydroxylation is 2. The number of rotatable bonds is 6. The van der Waals surface area contributed by atoms with Crippen LogP contribution in [0.15, 0.2) is 29.4 Å². The first kappa shape index (κ1) is 22.6. The van der Waals surface area contributed by atoms with Crippen molar-refractivity contribution in [3.8, 4) is 5.82 Å². The van der Waals surface area contributed by atoms with Gasteiger partial charge < -0.3 is 15.0 Å². The Morgan fingerprint density at radius 3 is 2.79 bits per heavy atom. The molecule has 2 aromatic heterocycles. The normalized spacial score (nSPS) is 16.7. The summed E-state index contributed by atoms with van der Waals surface area (Å²) in [5, 5.41) is 7.86. The van der Waals surface area contributed by atoms with Crippen LogP contribution in [0.2, 0.25) is 0 Å². The van der Waals surface area contributed by atoms with Crippen molar-refractivity contribution in [3.63, 3.8) is 0 Å². The zero-order chi connectivity index (χ0) is 19.2. The maximum Gasteiger partial charge on any atom is 0.193 e. The minimum Gasteiger partial charge on any atom is -0.381 e. The lowest BCUT2D eigenvalue weighted by Crippen LogP contribution is -2.41. The molecule has 3 heterocycles. The largest absolute Gasteiger partial charge is 0.381 e. The van der Waals surface area contributed by atoms with E-state index >= 15 is 0 Å². The maximum absolute atomic E-state index is 5.48. The molecule has 1 aliphatic rings. The molecule has 1 fully saturated rings. The molecule has 8 heteroatoms. The third-order valence-corrected chi connectivity index (χ3v) is 4.70. The van der Waals surface area contributed by atoms with E-state index in [1.807, 2.05) is 36.9 Å². The third kappa shape index (κ3) is 5.91. The van der Waals surface area contributed by atoms with Crippen LogP contribution in [-0.4, -0.2) is 59.0 Å². The number of halogens is 1. The first-order chi connectivity index (χ1) is 13.1. The molecule has 7 nitrogen and oxygen atoms in total. The molecular weight excluding hydrogens is 467 g/mol. The Morgan fingerprint density at radius 2 is 2.21 bits per heavy atom. The summed E-state index contributed by atoms with van der Waals surface area (Å²) < 4.78 is 7.35. The van der Waals surface area contributed by atoms with Crippen molar-refractivity contribution in [1.29, 1.82) is 0 Å². The predicted octanol–water partition coefficient (Wildman–Crippen LogP) is 2.94. The monoisotopic (exact) mass is 498 g/mol. The molecule has 3 rings (SSSR count). The topological polar surface area (TPSA) is 67.6 Å². The Labute approximate surface area is 184 Å². The summed E-state index contributed by atoms with van der Waals surface area (Å²) in [6.45, 7) is 10.2. The van der Waals surface area contributed by atoms with Crippen LogP contribution < -0.4 is 5.32 Å². The van der Waals surface area contributed by atoms with E-state index in [0.717, 1.165) is 61.5 Å². The van der Waals surface area contributed by atoms with Crippen molar-refractivity contribution in [2.45, 2.75) is 33.7 Å². The van der Waals surface area contributed by atoms with Crippen molar-refractivity contribution < 1.29 is 4.74 Å². The van der Waals surface area contributed by atoms with Crippen LogP contribution in [0.5, 0.6) is 0 Å². The zero-order valence-electron chi connectivity index (χ0n) is 17.2. The van der Waals surface area contributed by atoms with Gasteiger partial charge in [0.15, 0.2) is 11.8 Å². The minimum atomic E-state index is 0. The van der Waals surface area contributed by atoms with Gasteiger partial charge in [-0.3, -0.25) is 0 Å². The summed E-state index contributed by atoms with van der Waals surface area (Å²) in [6.07, 6.45) is 3.01. The van der Waals surface area contributed by atoms with E-state index in [4.69, 9.17) is 9.73 Å². The maximum atomic E-state index is 5.48. The third-order valence-electron chi connectivity index (χ3n) is 4.70. The molecule has 0 aromatic carbocycles. The first-order valence-corrected chi connectivity index (χ1v) is 9.62. The van der Waals surface area contributed by atoms with Crippen molar-refractivity contribution >= 4 is 29.9 Å². The van der Waals surface area contributed by atoms with E-state index < -0.39 is 0 Å². The average Bonchev–Trinajstić information content (AvgIpc) is 3.28. The van der Waals surface area contributed by atoms with Crippen LogP contribution in [0, 0.1) is 19.8 Å². The number of ether oxygens (including phenoxy) is 1. The summed E-state index contributed by atoms with van der Waals surface area (Å²) >= 11 is 0. The van der Waals surface area contributed by atoms with Crippen molar-refractivity contribution in [2.75, 3.05) is 33.4 Å².